The van der Waals surface area contributed by atoms with Gasteiger partial charge in [-0.05, 0) is 42.8 Å². The Morgan fingerprint density at radius 2 is 2.03 bits per heavy atom. The van der Waals surface area contributed by atoms with E-state index in [0.29, 0.717) is 17.6 Å². The maximum atomic E-state index is 12.6. The molecule has 0 unspecified atom stereocenters. The predicted molar refractivity (Wildman–Crippen MR) is 127 cm³/mol. The molecule has 0 aromatic heterocycles. The van der Waals surface area contributed by atoms with Gasteiger partial charge in [0, 0.05) is 18.2 Å². The maximum absolute atomic E-state index is 12.6. The van der Waals surface area contributed by atoms with Crippen molar-refractivity contribution < 1.29 is 24.0 Å². The van der Waals surface area contributed by atoms with Gasteiger partial charge in [-0.2, -0.15) is 11.8 Å². The number of esters is 1. The Kier molecular flexibility index (Phi) is 10.4. The summed E-state index contributed by atoms with van der Waals surface area (Å²) in [5, 5.41) is 16.3. The van der Waals surface area contributed by atoms with Gasteiger partial charge in [0.15, 0.2) is 6.61 Å². The highest BCUT2D eigenvalue weighted by atomic mass is 35.5. The van der Waals surface area contributed by atoms with Crippen molar-refractivity contribution in [2.75, 3.05) is 18.6 Å². The van der Waals surface area contributed by atoms with Crippen LogP contribution >= 0.6 is 23.4 Å². The van der Waals surface area contributed by atoms with Crippen LogP contribution in [-0.4, -0.2) is 53.4 Å². The standard InChI is InChI=1S/C22H30ClN3O6S/c1-13-5-4-6-18(14(13)2)24-20(27)12-32-22(29)19(9-10-33-3)25-21(28)16-8-7-15(26(30)31)11-17(16)23/h7-8,11,13-14,18-19H,4-6,9-10,12H2,1-3H3,(H,24,27)(H,25,28)/t13-,14-,18-,19+/m1/s1. The Bertz CT molecular complexity index is 884. The fraction of sp³-hybridized carbons (Fsp3) is 0.591. The summed E-state index contributed by atoms with van der Waals surface area (Å²) in [6.07, 6.45) is 5.22. The number of nitro benzene ring substituents is 1. The molecule has 1 aliphatic carbocycles. The number of halogens is 1. The predicted octanol–water partition coefficient (Wildman–Crippen LogP) is 3.58. The molecule has 11 heteroatoms. The quantitative estimate of drug-likeness (QED) is 0.286. The van der Waals surface area contributed by atoms with E-state index in [1.54, 1.807) is 0 Å². The van der Waals surface area contributed by atoms with Crippen molar-refractivity contribution in [1.29, 1.82) is 0 Å². The van der Waals surface area contributed by atoms with Gasteiger partial charge in [-0.1, -0.05) is 38.3 Å². The number of hydrogen-bond acceptors (Lipinski definition) is 7. The molecule has 0 saturated heterocycles. The van der Waals surface area contributed by atoms with Crippen molar-refractivity contribution in [2.45, 2.75) is 51.6 Å². The van der Waals surface area contributed by atoms with Gasteiger partial charge in [0.2, 0.25) is 0 Å². The van der Waals surface area contributed by atoms with Crippen LogP contribution in [0.1, 0.15) is 49.9 Å². The molecule has 1 aliphatic rings. The first-order valence-corrected chi connectivity index (χ1v) is 12.6. The average molecular weight is 500 g/mol. The summed E-state index contributed by atoms with van der Waals surface area (Å²) in [4.78, 5) is 47.8. The highest BCUT2D eigenvalue weighted by Crippen LogP contribution is 2.29. The Labute approximate surface area is 202 Å². The van der Waals surface area contributed by atoms with Crippen molar-refractivity contribution in [2.24, 2.45) is 11.8 Å². The second kappa shape index (κ2) is 12.8. The molecule has 9 nitrogen and oxygen atoms in total. The largest absolute Gasteiger partial charge is 0.454 e. The smallest absolute Gasteiger partial charge is 0.329 e. The zero-order valence-corrected chi connectivity index (χ0v) is 20.5. The molecule has 1 aromatic carbocycles. The number of hydrogen-bond donors (Lipinski definition) is 2. The van der Waals surface area contributed by atoms with Gasteiger partial charge in [-0.3, -0.25) is 19.7 Å². The molecule has 0 heterocycles. The number of nitrogens with one attached hydrogen (secondary N) is 2. The van der Waals surface area contributed by atoms with Gasteiger partial charge in [0.25, 0.3) is 17.5 Å². The summed E-state index contributed by atoms with van der Waals surface area (Å²) < 4.78 is 5.19. The second-order valence-electron chi connectivity index (χ2n) is 8.28. The molecule has 1 saturated carbocycles. The van der Waals surface area contributed by atoms with Crippen molar-refractivity contribution in [3.63, 3.8) is 0 Å². The first kappa shape index (κ1) is 26.9. The number of nitrogens with zero attached hydrogens (tertiary/aromatic N) is 1. The zero-order valence-electron chi connectivity index (χ0n) is 19.0. The maximum Gasteiger partial charge on any atom is 0.329 e. The molecule has 0 aliphatic heterocycles. The van der Waals surface area contributed by atoms with E-state index in [1.807, 2.05) is 6.26 Å². The fourth-order valence-electron chi connectivity index (χ4n) is 3.79. The van der Waals surface area contributed by atoms with E-state index < -0.39 is 29.4 Å². The molecule has 0 spiro atoms. The number of amides is 2. The highest BCUT2D eigenvalue weighted by molar-refractivity contribution is 7.98. The molecular formula is C22H30ClN3O6S. The van der Waals surface area contributed by atoms with Crippen LogP contribution in [0.25, 0.3) is 0 Å². The van der Waals surface area contributed by atoms with Gasteiger partial charge in [-0.15, -0.1) is 0 Å². The molecule has 4 atom stereocenters. The lowest BCUT2D eigenvalue weighted by atomic mass is 9.78. The monoisotopic (exact) mass is 499 g/mol. The number of thioether (sulfide) groups is 1. The van der Waals surface area contributed by atoms with Crippen molar-refractivity contribution in [3.8, 4) is 0 Å². The van der Waals surface area contributed by atoms with Crippen LogP contribution < -0.4 is 10.6 Å². The van der Waals surface area contributed by atoms with Gasteiger partial charge in [-0.25, -0.2) is 4.79 Å². The molecule has 0 radical (unpaired) electrons. The minimum absolute atomic E-state index is 0.00219. The van der Waals surface area contributed by atoms with E-state index in [0.717, 1.165) is 31.4 Å². The third kappa shape index (κ3) is 7.89. The SMILES string of the molecule is CSCC[C@H](NC(=O)c1ccc([N+](=O)[O-])cc1Cl)C(=O)OCC(=O)N[C@@H]1CCC[C@@H](C)[C@H]1C. The van der Waals surface area contributed by atoms with Crippen LogP contribution in [0.2, 0.25) is 5.02 Å². The van der Waals surface area contributed by atoms with Crippen LogP contribution in [0.4, 0.5) is 5.69 Å². The lowest BCUT2D eigenvalue weighted by Crippen LogP contribution is -2.46. The number of rotatable bonds is 10. The van der Waals surface area contributed by atoms with Crippen LogP contribution in [0.15, 0.2) is 18.2 Å². The number of benzene rings is 1. The zero-order chi connectivity index (χ0) is 24.5. The van der Waals surface area contributed by atoms with E-state index in [2.05, 4.69) is 24.5 Å². The van der Waals surface area contributed by atoms with Crippen LogP contribution in [0.5, 0.6) is 0 Å². The van der Waals surface area contributed by atoms with Crippen LogP contribution in [0.3, 0.4) is 0 Å². The molecule has 1 fully saturated rings. The molecule has 2 amide bonds. The highest BCUT2D eigenvalue weighted by Gasteiger charge is 2.29. The first-order chi connectivity index (χ1) is 15.6. The minimum atomic E-state index is -0.988. The van der Waals surface area contributed by atoms with Crippen molar-refractivity contribution in [1.82, 2.24) is 10.6 Å². The summed E-state index contributed by atoms with van der Waals surface area (Å²) in [6, 6.07) is 2.53. The Balaban J connectivity index is 1.96. The van der Waals surface area contributed by atoms with Crippen LogP contribution in [-0.2, 0) is 14.3 Å². The number of carbonyl (C=O) groups excluding carboxylic acids is 3. The molecule has 2 N–H and O–H groups in total. The van der Waals surface area contributed by atoms with E-state index in [1.165, 1.54) is 17.8 Å². The number of carbonyl (C=O) groups is 3. The Hall–Kier alpha value is -2.33. The van der Waals surface area contributed by atoms with Gasteiger partial charge in [0.1, 0.15) is 6.04 Å². The number of nitro groups is 1. The average Bonchev–Trinajstić information content (AvgIpc) is 2.77. The molecule has 182 valence electrons. The van der Waals surface area contributed by atoms with E-state index in [-0.39, 0.29) is 34.6 Å². The van der Waals surface area contributed by atoms with Gasteiger partial charge in [0.05, 0.1) is 15.5 Å². The lowest BCUT2D eigenvalue weighted by molar-refractivity contribution is -0.384. The third-order valence-corrected chi connectivity index (χ3v) is 6.96. The van der Waals surface area contributed by atoms with E-state index >= 15 is 0 Å². The topological polar surface area (TPSA) is 128 Å². The Morgan fingerprint density at radius 1 is 1.30 bits per heavy atom. The third-order valence-electron chi connectivity index (χ3n) is 6.01. The van der Waals surface area contributed by atoms with Crippen molar-refractivity contribution in [3.05, 3.63) is 38.9 Å². The molecular weight excluding hydrogens is 470 g/mol. The van der Waals surface area contributed by atoms with Crippen LogP contribution in [0, 0.1) is 22.0 Å². The van der Waals surface area contributed by atoms with E-state index in [4.69, 9.17) is 16.3 Å². The normalized spacial score (nSPS) is 21.0. The summed E-state index contributed by atoms with van der Waals surface area (Å²) in [7, 11) is 0. The van der Waals surface area contributed by atoms with Gasteiger partial charge >= 0.3 is 5.97 Å². The Morgan fingerprint density at radius 3 is 2.67 bits per heavy atom. The minimum Gasteiger partial charge on any atom is -0.454 e. The summed E-state index contributed by atoms with van der Waals surface area (Å²) in [6.45, 7) is 3.84. The second-order valence-corrected chi connectivity index (χ2v) is 9.67. The summed E-state index contributed by atoms with van der Waals surface area (Å²) in [5.74, 6) is -0.328. The summed E-state index contributed by atoms with van der Waals surface area (Å²) >= 11 is 7.50. The number of non-ortho nitro benzene ring substituents is 1. The van der Waals surface area contributed by atoms with E-state index in [9.17, 15) is 24.5 Å². The van der Waals surface area contributed by atoms with Crippen molar-refractivity contribution >= 4 is 46.8 Å². The molecule has 2 rings (SSSR count). The molecule has 0 bridgehead atoms. The molecule has 1 aromatic rings. The lowest BCUT2D eigenvalue weighted by Gasteiger charge is -2.34. The number of ether oxygens (including phenoxy) is 1. The molecule has 33 heavy (non-hydrogen) atoms. The summed E-state index contributed by atoms with van der Waals surface area (Å²) in [5.41, 5.74) is -0.245. The first-order valence-electron chi connectivity index (χ1n) is 10.8. The fourth-order valence-corrected chi connectivity index (χ4v) is 4.53. The van der Waals surface area contributed by atoms with Gasteiger partial charge < -0.3 is 15.4 Å².